The molecule has 3 aromatic rings. The molecule has 1 heterocycles. The summed E-state index contributed by atoms with van der Waals surface area (Å²) >= 11 is 2.36. The fourth-order valence-corrected chi connectivity index (χ4v) is 3.92. The molecule has 0 spiro atoms. The Balaban J connectivity index is 1.89. The highest BCUT2D eigenvalue weighted by molar-refractivity contribution is 14.1. The molecule has 0 amide bonds. The second-order valence-electron chi connectivity index (χ2n) is 8.22. The first kappa shape index (κ1) is 20.8. The number of hydrogen-bond donors (Lipinski definition) is 0. The molecule has 2 nitrogen and oxygen atoms in total. The van der Waals surface area contributed by atoms with E-state index in [-0.39, 0.29) is 5.41 Å². The van der Waals surface area contributed by atoms with Crippen LogP contribution in [0.2, 0.25) is 0 Å². The summed E-state index contributed by atoms with van der Waals surface area (Å²) in [4.78, 5) is 4.45. The Morgan fingerprint density at radius 2 is 1.39 bits per heavy atom. The Morgan fingerprint density at radius 3 is 1.89 bits per heavy atom. The Morgan fingerprint density at radius 1 is 0.821 bits per heavy atom. The van der Waals surface area contributed by atoms with Crippen molar-refractivity contribution in [3.05, 3.63) is 93.3 Å². The summed E-state index contributed by atoms with van der Waals surface area (Å²) in [5.74, 6) is 1.32. The van der Waals surface area contributed by atoms with E-state index in [0.717, 1.165) is 11.4 Å². The Hall–Kier alpha value is -1.88. The van der Waals surface area contributed by atoms with Crippen LogP contribution in [-0.4, -0.2) is 4.98 Å². The number of pyridine rings is 1. The fourth-order valence-electron chi connectivity index (χ4n) is 3.56. The molecule has 0 fully saturated rings. The maximum absolute atomic E-state index is 6.27. The minimum atomic E-state index is -0.486. The molecular weight excluding hydrogens is 457 g/mol. The van der Waals surface area contributed by atoms with Crippen molar-refractivity contribution in [1.82, 2.24) is 4.98 Å². The van der Waals surface area contributed by atoms with Crippen LogP contribution < -0.4 is 4.74 Å². The van der Waals surface area contributed by atoms with Crippen LogP contribution in [0.25, 0.3) is 0 Å². The molecule has 1 unspecified atom stereocenters. The lowest BCUT2D eigenvalue weighted by Gasteiger charge is -2.35. The van der Waals surface area contributed by atoms with Gasteiger partial charge in [0.25, 0.3) is 0 Å². The summed E-state index contributed by atoms with van der Waals surface area (Å²) in [6.07, 6.45) is 1.80. The molecule has 1 aromatic heterocycles. The van der Waals surface area contributed by atoms with Gasteiger partial charge < -0.3 is 4.74 Å². The zero-order chi connectivity index (χ0) is 20.4. The predicted molar refractivity (Wildman–Crippen MR) is 125 cm³/mol. The van der Waals surface area contributed by atoms with E-state index in [1.54, 1.807) is 6.20 Å². The number of aromatic nitrogens is 1. The van der Waals surface area contributed by atoms with Gasteiger partial charge in [0.2, 0.25) is 0 Å². The quantitative estimate of drug-likeness (QED) is 0.352. The highest BCUT2D eigenvalue weighted by Gasteiger charge is 2.32. The Bertz CT molecular complexity index is 902. The van der Waals surface area contributed by atoms with Crippen LogP contribution in [0.3, 0.4) is 0 Å². The van der Waals surface area contributed by atoms with Gasteiger partial charge in [-0.05, 0) is 89.9 Å². The number of benzene rings is 2. The second-order valence-corrected chi connectivity index (χ2v) is 9.46. The van der Waals surface area contributed by atoms with Gasteiger partial charge in [0.1, 0.15) is 11.4 Å². The van der Waals surface area contributed by atoms with Gasteiger partial charge in [-0.2, -0.15) is 0 Å². The van der Waals surface area contributed by atoms with Crippen LogP contribution in [0, 0.1) is 9.49 Å². The molecule has 28 heavy (non-hydrogen) atoms. The first-order valence-electron chi connectivity index (χ1n) is 9.70. The van der Waals surface area contributed by atoms with E-state index in [4.69, 9.17) is 4.74 Å². The molecule has 0 aliphatic heterocycles. The highest BCUT2D eigenvalue weighted by atomic mass is 127. The number of rotatable bonds is 6. The number of hydrogen-bond acceptors (Lipinski definition) is 2. The maximum atomic E-state index is 6.27. The largest absolute Gasteiger partial charge is 0.482 e. The number of ether oxygens (including phenoxy) is 1. The van der Waals surface area contributed by atoms with Crippen LogP contribution >= 0.6 is 22.6 Å². The van der Waals surface area contributed by atoms with Crippen molar-refractivity contribution in [1.29, 1.82) is 0 Å². The van der Waals surface area contributed by atoms with Crippen molar-refractivity contribution in [2.75, 3.05) is 0 Å². The van der Waals surface area contributed by atoms with Gasteiger partial charge >= 0.3 is 0 Å². The van der Waals surface area contributed by atoms with E-state index in [1.807, 2.05) is 32.0 Å². The Kier molecular flexibility index (Phi) is 6.13. The van der Waals surface area contributed by atoms with Crippen LogP contribution in [0.4, 0.5) is 0 Å². The van der Waals surface area contributed by atoms with E-state index in [0.29, 0.717) is 5.92 Å². The molecule has 0 saturated carbocycles. The summed E-state index contributed by atoms with van der Waals surface area (Å²) in [7, 11) is 0. The third-order valence-electron chi connectivity index (χ3n) is 5.71. The van der Waals surface area contributed by atoms with E-state index in [2.05, 4.69) is 96.9 Å². The lowest BCUT2D eigenvalue weighted by molar-refractivity contribution is 0.104. The monoisotopic (exact) mass is 485 g/mol. The zero-order valence-corrected chi connectivity index (χ0v) is 19.4. The lowest BCUT2D eigenvalue weighted by atomic mass is 9.68. The molecule has 3 rings (SSSR count). The molecule has 0 saturated heterocycles. The molecule has 2 aromatic carbocycles. The number of halogens is 1. The second kappa shape index (κ2) is 8.24. The summed E-state index contributed by atoms with van der Waals surface area (Å²) in [6.45, 7) is 11.0. The standard InChI is InChI=1S/C25H28INO/c1-18(2)25(5,19-9-13-21(26)14-10-19)20-11-15-22(16-12-20)28-24(3,4)23-8-6-7-17-27-23/h6-18H,1-5H3. The van der Waals surface area contributed by atoms with E-state index >= 15 is 0 Å². The highest BCUT2D eigenvalue weighted by Crippen LogP contribution is 2.40. The van der Waals surface area contributed by atoms with Gasteiger partial charge in [0.15, 0.2) is 0 Å². The smallest absolute Gasteiger partial charge is 0.145 e. The van der Waals surface area contributed by atoms with Crippen LogP contribution in [0.1, 0.15) is 51.4 Å². The van der Waals surface area contributed by atoms with Gasteiger partial charge in [-0.1, -0.05) is 51.1 Å². The minimum absolute atomic E-state index is 0.0562. The molecule has 0 aliphatic carbocycles. The summed E-state index contributed by atoms with van der Waals surface area (Å²) < 4.78 is 7.53. The van der Waals surface area contributed by atoms with Crippen LogP contribution in [-0.2, 0) is 11.0 Å². The number of nitrogens with zero attached hydrogens (tertiary/aromatic N) is 1. The minimum Gasteiger partial charge on any atom is -0.482 e. The molecule has 0 radical (unpaired) electrons. The average Bonchev–Trinajstić information content (AvgIpc) is 2.69. The van der Waals surface area contributed by atoms with Gasteiger partial charge in [-0.15, -0.1) is 0 Å². The molecule has 0 N–H and O–H groups in total. The van der Waals surface area contributed by atoms with Crippen molar-refractivity contribution < 1.29 is 4.74 Å². The predicted octanol–water partition coefficient (Wildman–Crippen LogP) is 6.96. The topological polar surface area (TPSA) is 22.1 Å². The van der Waals surface area contributed by atoms with Crippen molar-refractivity contribution >= 4 is 22.6 Å². The SMILES string of the molecule is CC(C)C(C)(c1ccc(I)cc1)c1ccc(OC(C)(C)c2ccccn2)cc1. The molecular formula is C25H28INO. The van der Waals surface area contributed by atoms with Gasteiger partial charge in [0.05, 0.1) is 5.69 Å². The van der Waals surface area contributed by atoms with E-state index in [9.17, 15) is 0 Å². The molecule has 0 aliphatic rings. The molecule has 1 atom stereocenters. The third kappa shape index (κ3) is 4.24. The first-order chi connectivity index (χ1) is 13.2. The van der Waals surface area contributed by atoms with Crippen LogP contribution in [0.15, 0.2) is 72.9 Å². The van der Waals surface area contributed by atoms with Crippen molar-refractivity contribution in [3.8, 4) is 5.75 Å². The maximum Gasteiger partial charge on any atom is 0.145 e. The van der Waals surface area contributed by atoms with E-state index < -0.39 is 5.60 Å². The van der Waals surface area contributed by atoms with Crippen LogP contribution in [0.5, 0.6) is 5.75 Å². The summed E-state index contributed by atoms with van der Waals surface area (Å²) in [5.41, 5.74) is 3.02. The van der Waals surface area contributed by atoms with Gasteiger partial charge in [-0.25, -0.2) is 0 Å². The summed E-state index contributed by atoms with van der Waals surface area (Å²) in [5, 5.41) is 0. The fraction of sp³-hybridized carbons (Fsp3) is 0.320. The lowest BCUT2D eigenvalue weighted by Crippen LogP contribution is -2.30. The molecule has 146 valence electrons. The van der Waals surface area contributed by atoms with Gasteiger partial charge in [-0.3, -0.25) is 4.98 Å². The normalized spacial score (nSPS) is 14.0. The van der Waals surface area contributed by atoms with Crippen molar-refractivity contribution in [2.24, 2.45) is 5.92 Å². The first-order valence-corrected chi connectivity index (χ1v) is 10.8. The van der Waals surface area contributed by atoms with Crippen molar-refractivity contribution in [3.63, 3.8) is 0 Å². The molecule has 3 heteroatoms. The van der Waals surface area contributed by atoms with E-state index in [1.165, 1.54) is 14.7 Å². The molecule has 0 bridgehead atoms. The average molecular weight is 485 g/mol. The van der Waals surface area contributed by atoms with Gasteiger partial charge in [0, 0.05) is 15.2 Å². The summed E-state index contributed by atoms with van der Waals surface area (Å²) in [6, 6.07) is 23.3. The third-order valence-corrected chi connectivity index (χ3v) is 6.43. The Labute approximate surface area is 182 Å². The zero-order valence-electron chi connectivity index (χ0n) is 17.2. The van der Waals surface area contributed by atoms with Crippen molar-refractivity contribution in [2.45, 2.75) is 45.6 Å².